The fourth-order valence-corrected chi connectivity index (χ4v) is 4.72. The summed E-state index contributed by atoms with van der Waals surface area (Å²) >= 11 is 0. The number of rotatable bonds is 7. The van der Waals surface area contributed by atoms with Crippen molar-refractivity contribution in [2.24, 2.45) is 0 Å². The van der Waals surface area contributed by atoms with E-state index in [1.54, 1.807) is 0 Å². The fraction of sp³-hybridized carbons (Fsp3) is 0. The Morgan fingerprint density at radius 3 is 1.45 bits per heavy atom. The third kappa shape index (κ3) is 5.21. The number of anilines is 5. The molecule has 0 fully saturated rings. The van der Waals surface area contributed by atoms with E-state index in [1.807, 2.05) is 18.2 Å². The molecule has 0 heterocycles. The van der Waals surface area contributed by atoms with Crippen LogP contribution in [-0.4, -0.2) is 0 Å². The smallest absolute Gasteiger partial charge is 0.0467 e. The molecule has 38 heavy (non-hydrogen) atoms. The minimum atomic E-state index is 1.07. The highest BCUT2D eigenvalue weighted by molar-refractivity contribution is 5.81. The average molecular weight is 489 g/mol. The van der Waals surface area contributed by atoms with Crippen LogP contribution in [0.15, 0.2) is 164 Å². The Morgan fingerprint density at radius 2 is 0.763 bits per heavy atom. The van der Waals surface area contributed by atoms with Gasteiger partial charge in [0.05, 0.1) is 0 Å². The summed E-state index contributed by atoms with van der Waals surface area (Å²) in [5, 5.41) is 3.46. The summed E-state index contributed by atoms with van der Waals surface area (Å²) < 4.78 is 0. The standard InChI is InChI=1S/C36H28N2/c1-4-11-28(12-5-1)29-21-25-35(26-22-29)38(34-16-8-3-9-17-34)36-18-10-13-31(27-36)30-19-23-33(24-20-30)37-32-14-6-2-7-15-32/h1-27,37H. The van der Waals surface area contributed by atoms with Crippen LogP contribution in [0.5, 0.6) is 0 Å². The van der Waals surface area contributed by atoms with Gasteiger partial charge in [0.15, 0.2) is 0 Å². The van der Waals surface area contributed by atoms with Crippen LogP contribution in [0.2, 0.25) is 0 Å². The molecule has 0 amide bonds. The number of hydrogen-bond donors (Lipinski definition) is 1. The van der Waals surface area contributed by atoms with Crippen LogP contribution in [-0.2, 0) is 0 Å². The van der Waals surface area contributed by atoms with Gasteiger partial charge in [-0.2, -0.15) is 0 Å². The van der Waals surface area contributed by atoms with Crippen LogP contribution in [0, 0.1) is 0 Å². The van der Waals surface area contributed by atoms with Gasteiger partial charge in [-0.25, -0.2) is 0 Å². The van der Waals surface area contributed by atoms with Gasteiger partial charge < -0.3 is 10.2 Å². The Balaban J connectivity index is 1.32. The predicted octanol–water partition coefficient (Wildman–Crippen LogP) is 10.2. The van der Waals surface area contributed by atoms with E-state index in [-0.39, 0.29) is 0 Å². The molecule has 2 nitrogen and oxygen atoms in total. The first-order valence-corrected chi connectivity index (χ1v) is 12.9. The highest BCUT2D eigenvalue weighted by Crippen LogP contribution is 2.37. The molecular weight excluding hydrogens is 460 g/mol. The van der Waals surface area contributed by atoms with Crippen molar-refractivity contribution in [1.29, 1.82) is 0 Å². The molecule has 0 aromatic heterocycles. The van der Waals surface area contributed by atoms with E-state index < -0.39 is 0 Å². The quantitative estimate of drug-likeness (QED) is 0.240. The van der Waals surface area contributed by atoms with Crippen LogP contribution in [0.4, 0.5) is 28.4 Å². The van der Waals surface area contributed by atoms with Gasteiger partial charge in [0.2, 0.25) is 0 Å². The fourth-order valence-electron chi connectivity index (χ4n) is 4.72. The predicted molar refractivity (Wildman–Crippen MR) is 162 cm³/mol. The van der Waals surface area contributed by atoms with Crippen LogP contribution in [0.1, 0.15) is 0 Å². The maximum Gasteiger partial charge on any atom is 0.0467 e. The molecular formula is C36H28N2. The van der Waals surface area contributed by atoms with Crippen molar-refractivity contribution >= 4 is 28.4 Å². The zero-order chi connectivity index (χ0) is 25.6. The average Bonchev–Trinajstić information content (AvgIpc) is 3.00. The van der Waals surface area contributed by atoms with Crippen molar-refractivity contribution in [2.45, 2.75) is 0 Å². The molecule has 0 unspecified atom stereocenters. The van der Waals surface area contributed by atoms with Gasteiger partial charge in [-0.1, -0.05) is 103 Å². The minimum absolute atomic E-state index is 1.07. The monoisotopic (exact) mass is 488 g/mol. The number of nitrogens with one attached hydrogen (secondary N) is 1. The molecule has 0 aliphatic carbocycles. The first-order valence-electron chi connectivity index (χ1n) is 12.9. The molecule has 6 rings (SSSR count). The molecule has 0 aliphatic rings. The van der Waals surface area contributed by atoms with Crippen LogP contribution < -0.4 is 10.2 Å². The number of benzene rings is 6. The molecule has 0 radical (unpaired) electrons. The van der Waals surface area contributed by atoms with Crippen molar-refractivity contribution in [1.82, 2.24) is 0 Å². The van der Waals surface area contributed by atoms with Crippen LogP contribution in [0.3, 0.4) is 0 Å². The van der Waals surface area contributed by atoms with E-state index in [0.717, 1.165) is 28.4 Å². The Morgan fingerprint density at radius 1 is 0.316 bits per heavy atom. The maximum atomic E-state index is 3.46. The number of para-hydroxylation sites is 2. The second-order valence-corrected chi connectivity index (χ2v) is 9.20. The molecule has 6 aromatic carbocycles. The van der Waals surface area contributed by atoms with E-state index in [2.05, 4.69) is 156 Å². The zero-order valence-electron chi connectivity index (χ0n) is 21.0. The first-order chi connectivity index (χ1) is 18.8. The van der Waals surface area contributed by atoms with Gasteiger partial charge in [0.25, 0.3) is 0 Å². The van der Waals surface area contributed by atoms with Crippen molar-refractivity contribution in [3.05, 3.63) is 164 Å². The second kappa shape index (κ2) is 10.9. The highest BCUT2D eigenvalue weighted by Gasteiger charge is 2.13. The number of nitrogens with zero attached hydrogens (tertiary/aromatic N) is 1. The van der Waals surface area contributed by atoms with Crippen molar-refractivity contribution < 1.29 is 0 Å². The molecule has 0 spiro atoms. The lowest BCUT2D eigenvalue weighted by Gasteiger charge is -2.26. The zero-order valence-corrected chi connectivity index (χ0v) is 21.0. The SMILES string of the molecule is c1ccc(Nc2ccc(-c3cccc(N(c4ccccc4)c4ccc(-c5ccccc5)cc4)c3)cc2)cc1. The summed E-state index contributed by atoms with van der Waals surface area (Å²) in [6.45, 7) is 0. The lowest BCUT2D eigenvalue weighted by molar-refractivity contribution is 1.28. The summed E-state index contributed by atoms with van der Waals surface area (Å²) in [5.74, 6) is 0. The van der Waals surface area contributed by atoms with Gasteiger partial charge in [-0.15, -0.1) is 0 Å². The third-order valence-corrected chi connectivity index (χ3v) is 6.63. The highest BCUT2D eigenvalue weighted by atomic mass is 15.1. The summed E-state index contributed by atoms with van der Waals surface area (Å²) in [5.41, 5.74) is 10.3. The van der Waals surface area contributed by atoms with Crippen LogP contribution in [0.25, 0.3) is 22.3 Å². The molecule has 0 saturated carbocycles. The summed E-state index contributed by atoms with van der Waals surface area (Å²) in [4.78, 5) is 2.31. The van der Waals surface area contributed by atoms with E-state index in [1.165, 1.54) is 22.3 Å². The van der Waals surface area contributed by atoms with Gasteiger partial charge in [-0.3, -0.25) is 0 Å². The summed E-state index contributed by atoms with van der Waals surface area (Å²) in [6.07, 6.45) is 0. The summed E-state index contributed by atoms with van der Waals surface area (Å²) in [6, 6.07) is 57.4. The largest absolute Gasteiger partial charge is 0.356 e. The Labute approximate surface area is 224 Å². The van der Waals surface area contributed by atoms with Crippen molar-refractivity contribution in [2.75, 3.05) is 10.2 Å². The van der Waals surface area contributed by atoms with E-state index in [0.29, 0.717) is 0 Å². The first kappa shape index (κ1) is 23.3. The normalized spacial score (nSPS) is 10.6. The van der Waals surface area contributed by atoms with E-state index in [4.69, 9.17) is 0 Å². The Bertz CT molecular complexity index is 1590. The molecule has 0 bridgehead atoms. The molecule has 2 heteroatoms. The summed E-state index contributed by atoms with van der Waals surface area (Å²) in [7, 11) is 0. The van der Waals surface area contributed by atoms with Gasteiger partial charge in [-0.05, 0) is 82.9 Å². The van der Waals surface area contributed by atoms with Gasteiger partial charge in [0.1, 0.15) is 0 Å². The second-order valence-electron chi connectivity index (χ2n) is 9.20. The lowest BCUT2D eigenvalue weighted by atomic mass is 10.0. The third-order valence-electron chi connectivity index (χ3n) is 6.63. The van der Waals surface area contributed by atoms with E-state index >= 15 is 0 Å². The molecule has 6 aromatic rings. The topological polar surface area (TPSA) is 15.3 Å². The van der Waals surface area contributed by atoms with Gasteiger partial charge >= 0.3 is 0 Å². The van der Waals surface area contributed by atoms with Crippen molar-refractivity contribution in [3.8, 4) is 22.3 Å². The van der Waals surface area contributed by atoms with Crippen LogP contribution >= 0.6 is 0 Å². The minimum Gasteiger partial charge on any atom is -0.356 e. The Hall–Kier alpha value is -5.08. The molecule has 182 valence electrons. The maximum absolute atomic E-state index is 3.46. The van der Waals surface area contributed by atoms with Crippen molar-refractivity contribution in [3.63, 3.8) is 0 Å². The molecule has 0 saturated heterocycles. The molecule has 0 atom stereocenters. The Kier molecular flexibility index (Phi) is 6.69. The van der Waals surface area contributed by atoms with Gasteiger partial charge in [0, 0.05) is 28.4 Å². The lowest BCUT2D eigenvalue weighted by Crippen LogP contribution is -2.09. The molecule has 0 aliphatic heterocycles. The van der Waals surface area contributed by atoms with E-state index in [9.17, 15) is 0 Å². The molecule has 1 N–H and O–H groups in total. The number of hydrogen-bond acceptors (Lipinski definition) is 2.